The highest BCUT2D eigenvalue weighted by atomic mass is 32.2. The molecule has 0 aliphatic carbocycles. The van der Waals surface area contributed by atoms with E-state index in [2.05, 4.69) is 5.32 Å². The van der Waals surface area contributed by atoms with Crippen LogP contribution in [0.1, 0.15) is 18.4 Å². The molecule has 1 aliphatic heterocycles. The molecule has 1 N–H and O–H groups in total. The van der Waals surface area contributed by atoms with Gasteiger partial charge in [-0.05, 0) is 43.2 Å². The van der Waals surface area contributed by atoms with Crippen LogP contribution in [-0.2, 0) is 21.0 Å². The summed E-state index contributed by atoms with van der Waals surface area (Å²) in [7, 11) is -2.81. The molecule has 6 nitrogen and oxygen atoms in total. The van der Waals surface area contributed by atoms with Gasteiger partial charge in [0.15, 0.2) is 0 Å². The predicted molar refractivity (Wildman–Crippen MR) is 105 cm³/mol. The molecule has 0 bridgehead atoms. The van der Waals surface area contributed by atoms with E-state index in [1.54, 1.807) is 0 Å². The molecule has 2 aromatic carbocycles. The number of alkyl halides is 3. The highest BCUT2D eigenvalue weighted by Gasteiger charge is 2.36. The molecule has 0 spiro atoms. The zero-order valence-electron chi connectivity index (χ0n) is 16.4. The van der Waals surface area contributed by atoms with E-state index in [0.717, 1.165) is 28.6 Å². The van der Waals surface area contributed by atoms with Gasteiger partial charge in [0.1, 0.15) is 16.5 Å². The molecular weight excluding hydrogens is 440 g/mol. The summed E-state index contributed by atoms with van der Waals surface area (Å²) in [6.45, 7) is -0.0813. The van der Waals surface area contributed by atoms with Crippen LogP contribution in [0.15, 0.2) is 47.4 Å². The molecule has 31 heavy (non-hydrogen) atoms. The Hall–Kier alpha value is -2.66. The summed E-state index contributed by atoms with van der Waals surface area (Å²) in [4.78, 5) is 12.2. The molecule has 11 heteroatoms. The van der Waals surface area contributed by atoms with Crippen molar-refractivity contribution < 1.29 is 35.5 Å². The van der Waals surface area contributed by atoms with Crippen molar-refractivity contribution in [3.63, 3.8) is 0 Å². The van der Waals surface area contributed by atoms with Crippen molar-refractivity contribution in [3.05, 3.63) is 53.8 Å². The monoisotopic (exact) mass is 460 g/mol. The number of para-hydroxylation sites is 1. The fourth-order valence-electron chi connectivity index (χ4n) is 3.42. The maximum Gasteiger partial charge on any atom is 0.418 e. The molecule has 1 fully saturated rings. The second-order valence-corrected chi connectivity index (χ2v) is 8.91. The van der Waals surface area contributed by atoms with E-state index in [1.807, 2.05) is 0 Å². The van der Waals surface area contributed by atoms with Crippen LogP contribution in [0.25, 0.3) is 0 Å². The topological polar surface area (TPSA) is 75.7 Å². The molecule has 1 saturated heterocycles. The third-order valence-electron chi connectivity index (χ3n) is 5.06. The van der Waals surface area contributed by atoms with E-state index < -0.39 is 39.4 Å². The molecule has 2 aromatic rings. The molecule has 0 saturated carbocycles. The van der Waals surface area contributed by atoms with Crippen LogP contribution in [-0.4, -0.2) is 38.8 Å². The Bertz CT molecular complexity index is 1070. The van der Waals surface area contributed by atoms with Gasteiger partial charge in [0.2, 0.25) is 15.9 Å². The molecular formula is C20H20F4N2O4S. The smallest absolute Gasteiger partial charge is 0.418 e. The maximum atomic E-state index is 13.6. The number of anilines is 1. The fourth-order valence-corrected chi connectivity index (χ4v) is 5.06. The van der Waals surface area contributed by atoms with Crippen LogP contribution in [0.3, 0.4) is 0 Å². The fraction of sp³-hybridized carbons (Fsp3) is 0.350. The number of carbonyl (C=O) groups is 1. The normalized spacial score (nSPS) is 16.2. The lowest BCUT2D eigenvalue weighted by Gasteiger charge is -2.31. The van der Waals surface area contributed by atoms with Gasteiger partial charge in [-0.15, -0.1) is 0 Å². The van der Waals surface area contributed by atoms with E-state index in [4.69, 9.17) is 4.74 Å². The van der Waals surface area contributed by atoms with Crippen LogP contribution in [0.2, 0.25) is 0 Å². The minimum Gasteiger partial charge on any atom is -0.495 e. The van der Waals surface area contributed by atoms with Gasteiger partial charge >= 0.3 is 6.18 Å². The summed E-state index contributed by atoms with van der Waals surface area (Å²) >= 11 is 0. The number of rotatable bonds is 5. The maximum absolute atomic E-state index is 13.6. The quantitative estimate of drug-likeness (QED) is 0.687. The SMILES string of the molecule is COc1ccc(F)cc1S(=O)(=O)N1CCC(C(=O)Nc2ccccc2C(F)(F)F)CC1. The van der Waals surface area contributed by atoms with Crippen LogP contribution >= 0.6 is 0 Å². The number of nitrogens with one attached hydrogen (secondary N) is 1. The lowest BCUT2D eigenvalue weighted by molar-refractivity contribution is -0.137. The van der Waals surface area contributed by atoms with Crippen LogP contribution in [0.5, 0.6) is 5.75 Å². The minimum atomic E-state index is -4.62. The Morgan fingerprint density at radius 2 is 1.77 bits per heavy atom. The van der Waals surface area contributed by atoms with Crippen molar-refractivity contribution in [1.82, 2.24) is 4.31 Å². The second-order valence-electron chi connectivity index (χ2n) is 7.01. The van der Waals surface area contributed by atoms with E-state index in [9.17, 15) is 30.8 Å². The number of hydrogen-bond acceptors (Lipinski definition) is 4. The number of benzene rings is 2. The van der Waals surface area contributed by atoms with E-state index in [-0.39, 0.29) is 42.3 Å². The number of carbonyl (C=O) groups excluding carboxylic acids is 1. The van der Waals surface area contributed by atoms with Crippen LogP contribution in [0.4, 0.5) is 23.2 Å². The summed E-state index contributed by atoms with van der Waals surface area (Å²) in [6.07, 6.45) is -4.40. The first kappa shape index (κ1) is 23.0. The first-order valence-electron chi connectivity index (χ1n) is 9.35. The summed E-state index contributed by atoms with van der Waals surface area (Å²) in [5.41, 5.74) is -1.30. The molecule has 3 rings (SSSR count). The number of amides is 1. The number of ether oxygens (including phenoxy) is 1. The van der Waals surface area contributed by atoms with Crippen LogP contribution < -0.4 is 10.1 Å². The Morgan fingerprint density at radius 3 is 2.39 bits per heavy atom. The number of hydrogen-bond donors (Lipinski definition) is 1. The molecule has 0 aromatic heterocycles. The third-order valence-corrected chi connectivity index (χ3v) is 6.98. The highest BCUT2D eigenvalue weighted by Crippen LogP contribution is 2.35. The number of methoxy groups -OCH3 is 1. The number of piperidine rings is 1. The van der Waals surface area contributed by atoms with Gasteiger partial charge in [-0.1, -0.05) is 12.1 Å². The average Bonchev–Trinajstić information content (AvgIpc) is 2.73. The average molecular weight is 460 g/mol. The van der Waals surface area contributed by atoms with Gasteiger partial charge < -0.3 is 10.1 Å². The molecule has 0 atom stereocenters. The van der Waals surface area contributed by atoms with Gasteiger partial charge in [0.05, 0.1) is 18.4 Å². The summed E-state index contributed by atoms with van der Waals surface area (Å²) in [6, 6.07) is 7.79. The number of halogens is 4. The van der Waals surface area contributed by atoms with E-state index in [0.29, 0.717) is 0 Å². The molecule has 1 aliphatic rings. The Kier molecular flexibility index (Phi) is 6.56. The van der Waals surface area contributed by atoms with Gasteiger partial charge in [0.25, 0.3) is 0 Å². The van der Waals surface area contributed by atoms with Crippen molar-refractivity contribution in [2.45, 2.75) is 23.9 Å². The third kappa shape index (κ3) is 4.99. The second kappa shape index (κ2) is 8.83. The lowest BCUT2D eigenvalue weighted by Crippen LogP contribution is -2.41. The number of nitrogens with zero attached hydrogens (tertiary/aromatic N) is 1. The first-order chi connectivity index (χ1) is 14.5. The molecule has 168 valence electrons. The van der Waals surface area contributed by atoms with Crippen molar-refractivity contribution in [3.8, 4) is 5.75 Å². The highest BCUT2D eigenvalue weighted by molar-refractivity contribution is 7.89. The van der Waals surface area contributed by atoms with Gasteiger partial charge in [0, 0.05) is 19.0 Å². The van der Waals surface area contributed by atoms with Crippen LogP contribution in [0, 0.1) is 11.7 Å². The molecule has 1 amide bonds. The Labute approximate surface area is 176 Å². The van der Waals surface area contributed by atoms with Crippen molar-refractivity contribution in [2.75, 3.05) is 25.5 Å². The van der Waals surface area contributed by atoms with E-state index >= 15 is 0 Å². The van der Waals surface area contributed by atoms with E-state index in [1.165, 1.54) is 25.3 Å². The summed E-state index contributed by atoms with van der Waals surface area (Å²) in [5.74, 6) is -2.03. The predicted octanol–water partition coefficient (Wildman–Crippen LogP) is 3.89. The van der Waals surface area contributed by atoms with Gasteiger partial charge in [-0.3, -0.25) is 4.79 Å². The van der Waals surface area contributed by atoms with Gasteiger partial charge in [-0.2, -0.15) is 17.5 Å². The van der Waals surface area contributed by atoms with Gasteiger partial charge in [-0.25, -0.2) is 12.8 Å². The Balaban J connectivity index is 1.70. The molecule has 0 radical (unpaired) electrons. The Morgan fingerprint density at radius 1 is 1.13 bits per heavy atom. The van der Waals surface area contributed by atoms with Crippen molar-refractivity contribution in [2.24, 2.45) is 5.92 Å². The first-order valence-corrected chi connectivity index (χ1v) is 10.8. The minimum absolute atomic E-state index is 0.00924. The lowest BCUT2D eigenvalue weighted by atomic mass is 9.97. The van der Waals surface area contributed by atoms with Crippen molar-refractivity contribution in [1.29, 1.82) is 0 Å². The number of sulfonamides is 1. The van der Waals surface area contributed by atoms with Crippen molar-refractivity contribution >= 4 is 21.6 Å². The molecule has 1 heterocycles. The summed E-state index contributed by atoms with van der Waals surface area (Å²) < 4.78 is 84.9. The zero-order chi connectivity index (χ0) is 22.8. The standard InChI is InChI=1S/C20H20F4N2O4S/c1-30-17-7-6-14(21)12-18(17)31(28,29)26-10-8-13(9-11-26)19(27)25-16-5-3-2-4-15(16)20(22,23)24/h2-7,12-13H,8-11H2,1H3,(H,25,27). The largest absolute Gasteiger partial charge is 0.495 e. The zero-order valence-corrected chi connectivity index (χ0v) is 17.3. The molecule has 0 unspecified atom stereocenters. The summed E-state index contributed by atoms with van der Waals surface area (Å²) in [5, 5.41) is 2.30.